The molecule has 0 saturated heterocycles. The number of rotatable bonds is 5. The third-order valence-electron chi connectivity index (χ3n) is 3.46. The van der Waals surface area contributed by atoms with E-state index < -0.39 is 5.97 Å². The molecule has 0 aliphatic carbocycles. The van der Waals surface area contributed by atoms with Gasteiger partial charge in [-0.3, -0.25) is 0 Å². The Balaban J connectivity index is 2.04. The molecule has 3 nitrogen and oxygen atoms in total. The predicted octanol–water partition coefficient (Wildman–Crippen LogP) is 3.37. The van der Waals surface area contributed by atoms with E-state index in [1.54, 1.807) is 6.07 Å². The molecule has 1 N–H and O–H groups in total. The molecule has 20 heavy (non-hydrogen) atoms. The summed E-state index contributed by atoms with van der Waals surface area (Å²) in [5.41, 5.74) is 3.51. The fourth-order valence-electron chi connectivity index (χ4n) is 2.20. The lowest BCUT2D eigenvalue weighted by Gasteiger charge is -2.20. The number of aromatic carboxylic acids is 1. The first kappa shape index (κ1) is 14.1. The zero-order valence-electron chi connectivity index (χ0n) is 11.8. The van der Waals surface area contributed by atoms with E-state index in [1.165, 1.54) is 5.56 Å². The van der Waals surface area contributed by atoms with Crippen molar-refractivity contribution < 1.29 is 9.90 Å². The molecule has 2 rings (SSSR count). The molecule has 0 heterocycles. The van der Waals surface area contributed by atoms with Gasteiger partial charge in [0.25, 0.3) is 0 Å². The van der Waals surface area contributed by atoms with Crippen LogP contribution in [0.15, 0.2) is 48.5 Å². The maximum absolute atomic E-state index is 11.0. The van der Waals surface area contributed by atoms with E-state index in [2.05, 4.69) is 17.0 Å². The molecular weight excluding hydrogens is 250 g/mol. The second kappa shape index (κ2) is 6.24. The number of hydrogen-bond acceptors (Lipinski definition) is 2. The minimum absolute atomic E-state index is 0.366. The Kier molecular flexibility index (Phi) is 4.41. The number of hydrogen-bond donors (Lipinski definition) is 1. The standard InChI is InChI=1S/C17H19NO2/c1-13-12-15(8-9-16(13)17(19)20)18(2)11-10-14-6-4-3-5-7-14/h3-9,12H,10-11H2,1-2H3,(H,19,20). The molecule has 0 saturated carbocycles. The molecule has 0 amide bonds. The van der Waals surface area contributed by atoms with Gasteiger partial charge in [0, 0.05) is 19.3 Å². The molecule has 104 valence electrons. The maximum atomic E-state index is 11.0. The van der Waals surface area contributed by atoms with E-state index >= 15 is 0 Å². The highest BCUT2D eigenvalue weighted by atomic mass is 16.4. The van der Waals surface area contributed by atoms with Crippen LogP contribution in [0.1, 0.15) is 21.5 Å². The zero-order chi connectivity index (χ0) is 14.5. The van der Waals surface area contributed by atoms with Crippen LogP contribution in [0, 0.1) is 6.92 Å². The maximum Gasteiger partial charge on any atom is 0.335 e. The topological polar surface area (TPSA) is 40.5 Å². The first-order valence-electron chi connectivity index (χ1n) is 6.67. The second-order valence-electron chi connectivity index (χ2n) is 4.96. The van der Waals surface area contributed by atoms with Gasteiger partial charge in [0.05, 0.1) is 5.56 Å². The summed E-state index contributed by atoms with van der Waals surface area (Å²) in [6.45, 7) is 2.73. The van der Waals surface area contributed by atoms with Gasteiger partial charge < -0.3 is 10.0 Å². The van der Waals surface area contributed by atoms with Crippen LogP contribution in [0.4, 0.5) is 5.69 Å². The van der Waals surface area contributed by atoms with E-state index in [1.807, 2.05) is 44.3 Å². The number of aryl methyl sites for hydroxylation is 1. The number of likely N-dealkylation sites (N-methyl/N-ethyl adjacent to an activating group) is 1. The average Bonchev–Trinajstić information content (AvgIpc) is 2.45. The third-order valence-corrected chi connectivity index (χ3v) is 3.46. The van der Waals surface area contributed by atoms with Crippen LogP contribution in [0.25, 0.3) is 0 Å². The van der Waals surface area contributed by atoms with Crippen molar-refractivity contribution in [1.82, 2.24) is 0 Å². The highest BCUT2D eigenvalue weighted by Gasteiger charge is 2.09. The first-order chi connectivity index (χ1) is 9.58. The highest BCUT2D eigenvalue weighted by molar-refractivity contribution is 5.89. The van der Waals surface area contributed by atoms with E-state index in [9.17, 15) is 4.79 Å². The van der Waals surface area contributed by atoms with Crippen molar-refractivity contribution in [3.8, 4) is 0 Å². The third kappa shape index (κ3) is 3.38. The van der Waals surface area contributed by atoms with Crippen LogP contribution < -0.4 is 4.90 Å². The van der Waals surface area contributed by atoms with Crippen molar-refractivity contribution in [2.24, 2.45) is 0 Å². The van der Waals surface area contributed by atoms with E-state index in [-0.39, 0.29) is 0 Å². The molecule has 0 radical (unpaired) electrons. The van der Waals surface area contributed by atoms with Crippen molar-refractivity contribution in [3.63, 3.8) is 0 Å². The van der Waals surface area contributed by atoms with Crippen molar-refractivity contribution in [2.45, 2.75) is 13.3 Å². The van der Waals surface area contributed by atoms with Crippen LogP contribution in [-0.2, 0) is 6.42 Å². The molecule has 0 atom stereocenters. The number of nitrogens with zero attached hydrogens (tertiary/aromatic N) is 1. The van der Waals surface area contributed by atoms with Crippen LogP contribution in [0.2, 0.25) is 0 Å². The van der Waals surface area contributed by atoms with E-state index in [4.69, 9.17) is 5.11 Å². The number of carboxylic acid groups (broad SMARTS) is 1. The van der Waals surface area contributed by atoms with Crippen LogP contribution in [-0.4, -0.2) is 24.7 Å². The quantitative estimate of drug-likeness (QED) is 0.904. The van der Waals surface area contributed by atoms with Gasteiger partial charge in [0.2, 0.25) is 0 Å². The van der Waals surface area contributed by atoms with Gasteiger partial charge in [-0.15, -0.1) is 0 Å². The lowest BCUT2D eigenvalue weighted by atomic mass is 10.1. The van der Waals surface area contributed by atoms with Gasteiger partial charge in [-0.1, -0.05) is 30.3 Å². The van der Waals surface area contributed by atoms with Crippen molar-refractivity contribution >= 4 is 11.7 Å². The average molecular weight is 269 g/mol. The minimum Gasteiger partial charge on any atom is -0.478 e. The fourth-order valence-corrected chi connectivity index (χ4v) is 2.20. The van der Waals surface area contributed by atoms with Crippen LogP contribution in [0.5, 0.6) is 0 Å². The van der Waals surface area contributed by atoms with Crippen molar-refractivity contribution in [3.05, 3.63) is 65.2 Å². The summed E-state index contributed by atoms with van der Waals surface area (Å²) in [7, 11) is 2.03. The van der Waals surface area contributed by atoms with Crippen molar-refractivity contribution in [1.29, 1.82) is 0 Å². The summed E-state index contributed by atoms with van der Waals surface area (Å²) in [6, 6.07) is 15.8. The smallest absolute Gasteiger partial charge is 0.335 e. The van der Waals surface area contributed by atoms with Crippen molar-refractivity contribution in [2.75, 3.05) is 18.5 Å². The normalized spacial score (nSPS) is 10.3. The molecule has 0 unspecified atom stereocenters. The number of carboxylic acids is 1. The Morgan fingerprint density at radius 3 is 2.45 bits per heavy atom. The Hall–Kier alpha value is -2.29. The lowest BCUT2D eigenvalue weighted by molar-refractivity contribution is 0.0696. The van der Waals surface area contributed by atoms with Gasteiger partial charge in [0.15, 0.2) is 0 Å². The van der Waals surface area contributed by atoms with E-state index in [0.29, 0.717) is 5.56 Å². The number of carbonyl (C=O) groups is 1. The summed E-state index contributed by atoms with van der Waals surface area (Å²) in [4.78, 5) is 13.1. The van der Waals surface area contributed by atoms with Gasteiger partial charge in [-0.05, 0) is 42.7 Å². The zero-order valence-corrected chi connectivity index (χ0v) is 11.8. The van der Waals surface area contributed by atoms with Gasteiger partial charge in [-0.2, -0.15) is 0 Å². The second-order valence-corrected chi connectivity index (χ2v) is 4.96. The van der Waals surface area contributed by atoms with Gasteiger partial charge >= 0.3 is 5.97 Å². The molecule has 0 spiro atoms. The molecule has 0 fully saturated rings. The Labute approximate surface area is 119 Å². The number of anilines is 1. The fraction of sp³-hybridized carbons (Fsp3) is 0.235. The van der Waals surface area contributed by atoms with E-state index in [0.717, 1.165) is 24.2 Å². The SMILES string of the molecule is Cc1cc(N(C)CCc2ccccc2)ccc1C(=O)O. The van der Waals surface area contributed by atoms with Gasteiger partial charge in [0.1, 0.15) is 0 Å². The monoisotopic (exact) mass is 269 g/mol. The predicted molar refractivity (Wildman–Crippen MR) is 81.6 cm³/mol. The Bertz CT molecular complexity index is 593. The molecule has 0 aliphatic heterocycles. The molecule has 3 heteroatoms. The molecule has 0 aromatic heterocycles. The molecule has 2 aromatic carbocycles. The van der Waals surface area contributed by atoms with Crippen LogP contribution in [0.3, 0.4) is 0 Å². The summed E-state index contributed by atoms with van der Waals surface area (Å²) in [6.07, 6.45) is 0.969. The summed E-state index contributed by atoms with van der Waals surface area (Å²) in [5.74, 6) is -0.874. The highest BCUT2D eigenvalue weighted by Crippen LogP contribution is 2.18. The minimum atomic E-state index is -0.874. The largest absolute Gasteiger partial charge is 0.478 e. The Morgan fingerprint density at radius 2 is 1.85 bits per heavy atom. The lowest BCUT2D eigenvalue weighted by Crippen LogP contribution is -2.20. The van der Waals surface area contributed by atoms with Gasteiger partial charge in [-0.25, -0.2) is 4.79 Å². The first-order valence-corrected chi connectivity index (χ1v) is 6.67. The Morgan fingerprint density at radius 1 is 1.15 bits per heavy atom. The van der Waals surface area contributed by atoms with Crippen LogP contribution >= 0.6 is 0 Å². The molecule has 0 aliphatic rings. The summed E-state index contributed by atoms with van der Waals surface area (Å²) >= 11 is 0. The summed E-state index contributed by atoms with van der Waals surface area (Å²) < 4.78 is 0. The summed E-state index contributed by atoms with van der Waals surface area (Å²) in [5, 5.41) is 9.03. The number of benzene rings is 2. The molecule has 0 bridgehead atoms. The molecule has 2 aromatic rings. The molecular formula is C17H19NO2.